The van der Waals surface area contributed by atoms with Crippen LogP contribution in [-0.4, -0.2) is 14.7 Å². The van der Waals surface area contributed by atoms with Crippen LogP contribution in [0.5, 0.6) is 0 Å². The van der Waals surface area contributed by atoms with Crippen molar-refractivity contribution in [2.24, 2.45) is 0 Å². The van der Waals surface area contributed by atoms with Gasteiger partial charge in [0.1, 0.15) is 5.82 Å². The van der Waals surface area contributed by atoms with Crippen LogP contribution in [0, 0.1) is 17.1 Å². The van der Waals surface area contributed by atoms with Crippen molar-refractivity contribution in [1.82, 2.24) is 0 Å². The Hall–Kier alpha value is -1.41. The number of nitrogens with zero attached hydrogens (tertiary/aromatic N) is 1. The Morgan fingerprint density at radius 1 is 1.50 bits per heavy atom. The minimum Gasteiger partial charge on any atom is -0.229 e. The van der Waals surface area contributed by atoms with Crippen molar-refractivity contribution in [3.63, 3.8) is 0 Å². The van der Waals surface area contributed by atoms with Crippen molar-refractivity contribution in [3.05, 3.63) is 35.1 Å². The molecule has 0 N–H and O–H groups in total. The van der Waals surface area contributed by atoms with Crippen LogP contribution in [0.1, 0.15) is 11.1 Å². The first-order chi connectivity index (χ1) is 6.42. The van der Waals surface area contributed by atoms with Crippen LogP contribution < -0.4 is 0 Å². The van der Waals surface area contributed by atoms with Gasteiger partial charge < -0.3 is 0 Å². The molecule has 0 radical (unpaired) electrons. The van der Waals surface area contributed by atoms with Crippen LogP contribution in [0.4, 0.5) is 4.39 Å². The predicted octanol–water partition coefficient (Wildman–Crippen LogP) is 1.24. The summed E-state index contributed by atoms with van der Waals surface area (Å²) in [5, 5.41) is 8.45. The van der Waals surface area contributed by atoms with Gasteiger partial charge in [-0.2, -0.15) is 5.26 Å². The summed E-state index contributed by atoms with van der Waals surface area (Å²) in [7, 11) is -3.24. The van der Waals surface area contributed by atoms with Gasteiger partial charge in [0, 0.05) is 11.8 Å². The molecule has 14 heavy (non-hydrogen) atoms. The summed E-state index contributed by atoms with van der Waals surface area (Å²) in [5.41, 5.74) is 0.270. The van der Waals surface area contributed by atoms with Gasteiger partial charge in [0.15, 0.2) is 9.84 Å². The molecule has 0 amide bonds. The average Bonchev–Trinajstić information content (AvgIpc) is 2.06. The molecule has 0 heterocycles. The van der Waals surface area contributed by atoms with Crippen LogP contribution in [-0.2, 0) is 15.6 Å². The third-order valence-electron chi connectivity index (χ3n) is 1.60. The van der Waals surface area contributed by atoms with Crippen LogP contribution in [0.3, 0.4) is 0 Å². The quantitative estimate of drug-likeness (QED) is 0.742. The van der Waals surface area contributed by atoms with E-state index < -0.39 is 15.7 Å². The molecular formula is C9H8FNO2S. The maximum atomic E-state index is 13.2. The van der Waals surface area contributed by atoms with Gasteiger partial charge in [0.2, 0.25) is 0 Å². The normalized spacial score (nSPS) is 10.9. The number of hydrogen-bond donors (Lipinski definition) is 0. The molecule has 0 fully saturated rings. The summed E-state index contributed by atoms with van der Waals surface area (Å²) in [6.07, 6.45) is 1.03. The molecular weight excluding hydrogens is 205 g/mol. The lowest BCUT2D eigenvalue weighted by molar-refractivity contribution is 0.591. The molecule has 0 atom stereocenters. The SMILES string of the molecule is CS(=O)(=O)Cc1ccc(C#N)cc1F. The maximum Gasteiger partial charge on any atom is 0.151 e. The fraction of sp³-hybridized carbons (Fsp3) is 0.222. The third-order valence-corrected chi connectivity index (χ3v) is 2.44. The van der Waals surface area contributed by atoms with Crippen molar-refractivity contribution in [3.8, 4) is 6.07 Å². The molecule has 0 saturated carbocycles. The zero-order valence-electron chi connectivity index (χ0n) is 7.49. The van der Waals surface area contributed by atoms with Gasteiger partial charge >= 0.3 is 0 Å². The van der Waals surface area contributed by atoms with Gasteiger partial charge in [-0.05, 0) is 12.1 Å². The Kier molecular flexibility index (Phi) is 2.87. The Morgan fingerprint density at radius 2 is 2.14 bits per heavy atom. The molecule has 1 aromatic carbocycles. The number of hydrogen-bond acceptors (Lipinski definition) is 3. The first-order valence-electron chi connectivity index (χ1n) is 3.78. The Morgan fingerprint density at radius 3 is 2.57 bits per heavy atom. The van der Waals surface area contributed by atoms with Gasteiger partial charge in [-0.15, -0.1) is 0 Å². The molecule has 1 aromatic rings. The number of nitriles is 1. The van der Waals surface area contributed by atoms with Crippen molar-refractivity contribution >= 4 is 9.84 Å². The summed E-state index contributed by atoms with van der Waals surface area (Å²) in [6, 6.07) is 5.50. The second kappa shape index (κ2) is 3.76. The first kappa shape index (κ1) is 10.7. The van der Waals surface area contributed by atoms with Crippen LogP contribution in [0.15, 0.2) is 18.2 Å². The highest BCUT2D eigenvalue weighted by molar-refractivity contribution is 7.89. The standard InChI is InChI=1S/C9H8FNO2S/c1-14(12,13)6-8-3-2-7(5-11)4-9(8)10/h2-4H,6H2,1H3. The summed E-state index contributed by atoms with van der Waals surface area (Å²) < 4.78 is 34.9. The minimum atomic E-state index is -3.24. The molecule has 0 aliphatic rings. The van der Waals surface area contributed by atoms with Crippen molar-refractivity contribution < 1.29 is 12.8 Å². The zero-order valence-corrected chi connectivity index (χ0v) is 8.31. The van der Waals surface area contributed by atoms with Gasteiger partial charge in [-0.3, -0.25) is 0 Å². The lowest BCUT2D eigenvalue weighted by Gasteiger charge is -2.01. The lowest BCUT2D eigenvalue weighted by Crippen LogP contribution is -2.03. The second-order valence-electron chi connectivity index (χ2n) is 2.99. The van der Waals surface area contributed by atoms with E-state index in [2.05, 4.69) is 0 Å². The van der Waals surface area contributed by atoms with E-state index >= 15 is 0 Å². The summed E-state index contributed by atoms with van der Waals surface area (Å²) in [6.45, 7) is 0. The molecule has 0 unspecified atom stereocenters. The fourth-order valence-electron chi connectivity index (χ4n) is 1.02. The minimum absolute atomic E-state index is 0.0894. The summed E-state index contributed by atoms with van der Waals surface area (Å²) >= 11 is 0. The van der Waals surface area contributed by atoms with Crippen molar-refractivity contribution in [2.75, 3.05) is 6.26 Å². The van der Waals surface area contributed by atoms with E-state index in [1.165, 1.54) is 12.1 Å². The van der Waals surface area contributed by atoms with Gasteiger partial charge in [-0.25, -0.2) is 12.8 Å². The van der Waals surface area contributed by atoms with E-state index in [1.54, 1.807) is 6.07 Å². The van der Waals surface area contributed by atoms with Crippen LogP contribution in [0.25, 0.3) is 0 Å². The van der Waals surface area contributed by atoms with E-state index in [0.29, 0.717) is 0 Å². The number of halogens is 1. The van der Waals surface area contributed by atoms with E-state index in [-0.39, 0.29) is 16.9 Å². The smallest absolute Gasteiger partial charge is 0.151 e. The third kappa shape index (κ3) is 2.82. The molecule has 0 spiro atoms. The maximum absolute atomic E-state index is 13.2. The van der Waals surface area contributed by atoms with E-state index in [4.69, 9.17) is 5.26 Å². The second-order valence-corrected chi connectivity index (χ2v) is 5.13. The number of benzene rings is 1. The molecule has 5 heteroatoms. The van der Waals surface area contributed by atoms with Gasteiger partial charge in [0.25, 0.3) is 0 Å². The Bertz CT molecular complexity index is 488. The van der Waals surface area contributed by atoms with Crippen LogP contribution >= 0.6 is 0 Å². The highest BCUT2D eigenvalue weighted by Gasteiger charge is 2.09. The highest BCUT2D eigenvalue weighted by Crippen LogP contribution is 2.12. The number of rotatable bonds is 2. The van der Waals surface area contributed by atoms with E-state index in [1.807, 2.05) is 0 Å². The average molecular weight is 213 g/mol. The molecule has 0 aromatic heterocycles. The molecule has 0 saturated heterocycles. The van der Waals surface area contributed by atoms with Crippen molar-refractivity contribution in [2.45, 2.75) is 5.75 Å². The summed E-state index contributed by atoms with van der Waals surface area (Å²) in [5.74, 6) is -1.00. The monoisotopic (exact) mass is 213 g/mol. The van der Waals surface area contributed by atoms with E-state index in [9.17, 15) is 12.8 Å². The van der Waals surface area contributed by atoms with Gasteiger partial charge in [0.05, 0.1) is 17.4 Å². The Labute approximate surface area is 81.7 Å². The molecule has 0 aliphatic heterocycles. The lowest BCUT2D eigenvalue weighted by atomic mass is 10.1. The topological polar surface area (TPSA) is 57.9 Å². The highest BCUT2D eigenvalue weighted by atomic mass is 32.2. The predicted molar refractivity (Wildman–Crippen MR) is 49.7 cm³/mol. The summed E-state index contributed by atoms with van der Waals surface area (Å²) in [4.78, 5) is 0. The molecule has 1 rings (SSSR count). The first-order valence-corrected chi connectivity index (χ1v) is 5.84. The fourth-order valence-corrected chi connectivity index (χ4v) is 1.82. The molecule has 0 bridgehead atoms. The number of sulfone groups is 1. The van der Waals surface area contributed by atoms with Crippen molar-refractivity contribution in [1.29, 1.82) is 5.26 Å². The Balaban J connectivity index is 3.09. The van der Waals surface area contributed by atoms with E-state index in [0.717, 1.165) is 12.3 Å². The molecule has 3 nitrogen and oxygen atoms in total. The van der Waals surface area contributed by atoms with Crippen LogP contribution in [0.2, 0.25) is 0 Å². The van der Waals surface area contributed by atoms with Gasteiger partial charge in [-0.1, -0.05) is 6.07 Å². The zero-order chi connectivity index (χ0) is 10.8. The molecule has 0 aliphatic carbocycles. The largest absolute Gasteiger partial charge is 0.229 e. The molecule has 74 valence electrons.